The molecule has 1 aliphatic rings. The van der Waals surface area contributed by atoms with Gasteiger partial charge in [0.05, 0.1) is 22.4 Å². The molecule has 0 bridgehead atoms. The van der Waals surface area contributed by atoms with Crippen LogP contribution in [0.2, 0.25) is 17.3 Å². The van der Waals surface area contributed by atoms with Crippen LogP contribution in [0.1, 0.15) is 37.7 Å². The van der Waals surface area contributed by atoms with Gasteiger partial charge in [-0.25, -0.2) is 0 Å². The van der Waals surface area contributed by atoms with Gasteiger partial charge in [-0.15, -0.1) is 17.7 Å². The quantitative estimate of drug-likeness (QED) is 0.123. The van der Waals surface area contributed by atoms with Gasteiger partial charge in [0.15, 0.2) is 0 Å². The van der Waals surface area contributed by atoms with Crippen molar-refractivity contribution in [3.05, 3.63) is 145 Å². The Labute approximate surface area is 323 Å². The van der Waals surface area contributed by atoms with Crippen LogP contribution in [0.5, 0.6) is 0 Å². The van der Waals surface area contributed by atoms with Crippen molar-refractivity contribution in [2.24, 2.45) is 5.92 Å². The summed E-state index contributed by atoms with van der Waals surface area (Å²) in [5.41, 5.74) is 9.53. The summed E-state index contributed by atoms with van der Waals surface area (Å²) < 4.78 is 9.85. The molecule has 3 heterocycles. The molecule has 4 nitrogen and oxygen atoms in total. The standard InChI is InChI=1S/C25H15N2O.C21H28GeN.Ir/c1-2-8-18(9-3-1)27-22-12-6-5-11-21(22)26-25(27)17-14-15-20-19-10-4-7-13-23(19)28-24(20)16-17;1-22(2,3)20-16-23-21(18-12-8-5-9-13-18)15-19(20)14-17-10-6-4-7-11-17;/h1-13,15-16H;5,8-9,12,15-17H,4,6-7,10-11,14H2,1-3H3;/q2*-1;. The van der Waals surface area contributed by atoms with Crippen molar-refractivity contribution in [2.45, 2.75) is 55.8 Å². The molecule has 0 unspecified atom stereocenters. The summed E-state index contributed by atoms with van der Waals surface area (Å²) in [7, 11) is 0. The number of furan rings is 1. The molecule has 9 rings (SSSR count). The topological polar surface area (TPSA) is 43.9 Å². The average molecular weight is 919 g/mol. The van der Waals surface area contributed by atoms with E-state index in [-0.39, 0.29) is 20.1 Å². The third kappa shape index (κ3) is 7.59. The summed E-state index contributed by atoms with van der Waals surface area (Å²) in [6.07, 6.45) is 10.5. The van der Waals surface area contributed by atoms with Gasteiger partial charge in [-0.3, -0.25) is 4.98 Å². The maximum absolute atomic E-state index is 6.08. The number of pyridine rings is 1. The number of hydrogen-bond acceptors (Lipinski definition) is 3. The van der Waals surface area contributed by atoms with E-state index in [0.717, 1.165) is 67.2 Å². The maximum Gasteiger partial charge on any atom is 0.123 e. The molecule has 0 atom stereocenters. The maximum atomic E-state index is 6.08. The molecule has 6 heteroatoms. The fourth-order valence-corrected chi connectivity index (χ4v) is 10.9. The van der Waals surface area contributed by atoms with Crippen molar-refractivity contribution >= 4 is 50.6 Å². The van der Waals surface area contributed by atoms with Crippen LogP contribution in [-0.4, -0.2) is 27.8 Å². The number of fused-ring (bicyclic) bond motifs is 4. The van der Waals surface area contributed by atoms with E-state index in [1.165, 1.54) is 38.5 Å². The molecule has 0 spiro atoms. The van der Waals surface area contributed by atoms with E-state index in [2.05, 4.69) is 82.6 Å². The Kier molecular flexibility index (Phi) is 10.9. The van der Waals surface area contributed by atoms with Crippen molar-refractivity contribution < 1.29 is 24.5 Å². The van der Waals surface area contributed by atoms with Crippen LogP contribution in [0.15, 0.2) is 132 Å². The summed E-state index contributed by atoms with van der Waals surface area (Å²) in [6.45, 7) is 0. The van der Waals surface area contributed by atoms with Crippen molar-refractivity contribution in [3.63, 3.8) is 0 Å². The van der Waals surface area contributed by atoms with Crippen LogP contribution in [-0.2, 0) is 26.5 Å². The van der Waals surface area contributed by atoms with Gasteiger partial charge in [0.1, 0.15) is 5.58 Å². The number of para-hydroxylation sites is 4. The average Bonchev–Trinajstić information content (AvgIpc) is 3.74. The Balaban J connectivity index is 0.000000162. The van der Waals surface area contributed by atoms with Gasteiger partial charge in [0.25, 0.3) is 0 Å². The second-order valence-electron chi connectivity index (χ2n) is 14.8. The Bertz CT molecular complexity index is 2420. The van der Waals surface area contributed by atoms with Crippen molar-refractivity contribution in [3.8, 4) is 28.3 Å². The van der Waals surface area contributed by atoms with Crippen molar-refractivity contribution in [1.82, 2.24) is 14.5 Å². The van der Waals surface area contributed by atoms with Crippen LogP contribution in [0.25, 0.3) is 61.3 Å². The molecule has 1 saturated carbocycles. The van der Waals surface area contributed by atoms with Crippen molar-refractivity contribution in [1.29, 1.82) is 0 Å². The van der Waals surface area contributed by atoms with Gasteiger partial charge in [0.2, 0.25) is 0 Å². The molecular weight excluding hydrogens is 875 g/mol. The summed E-state index contributed by atoms with van der Waals surface area (Å²) >= 11 is -1.89. The normalized spacial score (nSPS) is 13.5. The molecule has 1 radical (unpaired) electrons. The first-order valence-electron chi connectivity index (χ1n) is 18.2. The first kappa shape index (κ1) is 36.1. The molecule has 0 aliphatic heterocycles. The van der Waals surface area contributed by atoms with E-state index >= 15 is 0 Å². The minimum Gasteiger partial charge on any atom is -0.476 e. The molecule has 1 fully saturated rings. The fraction of sp³-hybridized carbons (Fsp3) is 0.217. The first-order valence-corrected chi connectivity index (χ1v) is 25.6. The van der Waals surface area contributed by atoms with E-state index in [0.29, 0.717) is 0 Å². The molecule has 0 amide bonds. The van der Waals surface area contributed by atoms with E-state index in [1.807, 2.05) is 78.9 Å². The summed E-state index contributed by atoms with van der Waals surface area (Å²) in [5, 5.41) is 2.18. The zero-order valence-corrected chi connectivity index (χ0v) is 34.5. The van der Waals surface area contributed by atoms with Crippen LogP contribution in [0.4, 0.5) is 0 Å². The minimum absolute atomic E-state index is 0. The second kappa shape index (κ2) is 15.8. The molecule has 3 aromatic heterocycles. The smallest absolute Gasteiger partial charge is 0.123 e. The largest absolute Gasteiger partial charge is 0.476 e. The summed E-state index contributed by atoms with van der Waals surface area (Å²) in [5.74, 6) is 9.18. The second-order valence-corrected chi connectivity index (χ2v) is 25.4. The Hall–Kier alpha value is -4.29. The number of benzene rings is 5. The molecule has 263 valence electrons. The minimum atomic E-state index is -1.89. The van der Waals surface area contributed by atoms with E-state index in [4.69, 9.17) is 14.4 Å². The summed E-state index contributed by atoms with van der Waals surface area (Å²) in [6, 6.07) is 47.9. The number of rotatable bonds is 6. The van der Waals surface area contributed by atoms with E-state index in [1.54, 1.807) is 9.96 Å². The molecule has 0 N–H and O–H groups in total. The van der Waals surface area contributed by atoms with Gasteiger partial charge in [0, 0.05) is 25.8 Å². The van der Waals surface area contributed by atoms with Crippen LogP contribution in [0, 0.1) is 18.1 Å². The number of imidazole rings is 1. The number of aromatic nitrogens is 3. The summed E-state index contributed by atoms with van der Waals surface area (Å²) in [4.78, 5) is 9.69. The molecule has 0 saturated heterocycles. The molecule has 5 aromatic carbocycles. The zero-order chi connectivity index (χ0) is 34.8. The van der Waals surface area contributed by atoms with Gasteiger partial charge in [-0.1, -0.05) is 60.0 Å². The Morgan fingerprint density at radius 3 is 2.29 bits per heavy atom. The van der Waals surface area contributed by atoms with Crippen LogP contribution >= 0.6 is 0 Å². The SMILES string of the molecule is [CH3][Ge]([CH3])([CH3])[c]1cnc(-c2[c-]cccc2)cc1CC1CCCCC1.[Ir].[c-]1cc2c(cc1-c1nc3ccccc3n1-c1ccccc1)oc1ccccc12. The number of nitrogens with zero attached hydrogens (tertiary/aromatic N) is 3. The van der Waals surface area contributed by atoms with E-state index in [9.17, 15) is 0 Å². The van der Waals surface area contributed by atoms with Gasteiger partial charge in [-0.2, -0.15) is 0 Å². The Morgan fingerprint density at radius 1 is 0.750 bits per heavy atom. The predicted molar refractivity (Wildman–Crippen MR) is 214 cm³/mol. The van der Waals surface area contributed by atoms with E-state index < -0.39 is 13.3 Å². The van der Waals surface area contributed by atoms with Crippen LogP contribution in [0.3, 0.4) is 0 Å². The predicted octanol–water partition coefficient (Wildman–Crippen LogP) is 11.6. The fourth-order valence-electron chi connectivity index (χ4n) is 7.58. The third-order valence-corrected chi connectivity index (χ3v) is 14.5. The van der Waals surface area contributed by atoms with Crippen LogP contribution < -0.4 is 4.40 Å². The van der Waals surface area contributed by atoms with Gasteiger partial charge in [-0.05, 0) is 35.7 Å². The van der Waals surface area contributed by atoms with Gasteiger partial charge < -0.3 is 8.98 Å². The number of hydrogen-bond donors (Lipinski definition) is 0. The molecular formula is C46H43GeIrN3O-2. The Morgan fingerprint density at radius 2 is 1.50 bits per heavy atom. The molecule has 8 aromatic rings. The zero-order valence-electron chi connectivity index (χ0n) is 30.0. The molecule has 52 heavy (non-hydrogen) atoms. The molecule has 1 aliphatic carbocycles. The van der Waals surface area contributed by atoms with Gasteiger partial charge >= 0.3 is 144 Å². The third-order valence-electron chi connectivity index (χ3n) is 10.1. The first-order chi connectivity index (χ1) is 24.9. The monoisotopic (exact) mass is 920 g/mol. The van der Waals surface area contributed by atoms with Crippen molar-refractivity contribution in [2.75, 3.05) is 0 Å².